The van der Waals surface area contributed by atoms with Crippen molar-refractivity contribution in [3.05, 3.63) is 77.2 Å². The Morgan fingerprint density at radius 2 is 1.78 bits per heavy atom. The monoisotopic (exact) mass is 375 g/mol. The summed E-state index contributed by atoms with van der Waals surface area (Å²) in [5.74, 6) is 0.961. The summed E-state index contributed by atoms with van der Waals surface area (Å²) >= 11 is 1.50. The lowest BCUT2D eigenvalue weighted by Gasteiger charge is -2.16. The third-order valence-corrected chi connectivity index (χ3v) is 5.69. The molecule has 0 saturated heterocycles. The maximum absolute atomic E-state index is 12.8. The predicted molar refractivity (Wildman–Crippen MR) is 111 cm³/mol. The molecule has 0 aliphatic carbocycles. The van der Waals surface area contributed by atoms with Crippen LogP contribution < -0.4 is 0 Å². The molecule has 0 aliphatic rings. The lowest BCUT2D eigenvalue weighted by atomic mass is 10.2. The molecule has 27 heavy (non-hydrogen) atoms. The number of amides is 1. The Bertz CT molecular complexity index is 1080. The number of thiophene rings is 1. The van der Waals surface area contributed by atoms with Crippen LogP contribution in [0.5, 0.6) is 0 Å². The fourth-order valence-electron chi connectivity index (χ4n) is 3.27. The fraction of sp³-hybridized carbons (Fsp3) is 0.182. The van der Waals surface area contributed by atoms with Gasteiger partial charge in [0.05, 0.1) is 20.8 Å². The van der Waals surface area contributed by atoms with Crippen molar-refractivity contribution in [2.24, 2.45) is 0 Å². The molecular formula is C22H21N3OS. The smallest absolute Gasteiger partial charge is 0.263 e. The maximum Gasteiger partial charge on any atom is 0.263 e. The van der Waals surface area contributed by atoms with Crippen molar-refractivity contribution in [3.63, 3.8) is 0 Å². The summed E-state index contributed by atoms with van der Waals surface area (Å²) in [6, 6.07) is 22.1. The van der Waals surface area contributed by atoms with Crippen molar-refractivity contribution in [1.29, 1.82) is 0 Å². The van der Waals surface area contributed by atoms with Gasteiger partial charge in [0.25, 0.3) is 5.91 Å². The van der Waals surface area contributed by atoms with Crippen LogP contribution in [0.2, 0.25) is 0 Å². The molecule has 4 nitrogen and oxygen atoms in total. The second-order valence-corrected chi connectivity index (χ2v) is 7.56. The molecule has 5 heteroatoms. The van der Waals surface area contributed by atoms with Gasteiger partial charge in [0, 0.05) is 20.1 Å². The Hall–Kier alpha value is -2.92. The van der Waals surface area contributed by atoms with E-state index in [0.29, 0.717) is 6.54 Å². The van der Waals surface area contributed by atoms with Crippen LogP contribution in [-0.2, 0) is 13.1 Å². The molecule has 0 N–H and O–H groups in total. The molecule has 0 radical (unpaired) electrons. The highest BCUT2D eigenvalue weighted by Gasteiger charge is 2.18. The van der Waals surface area contributed by atoms with Gasteiger partial charge in [-0.25, -0.2) is 4.98 Å². The highest BCUT2D eigenvalue weighted by Crippen LogP contribution is 2.31. The molecule has 0 atom stereocenters. The van der Waals surface area contributed by atoms with Crippen LogP contribution in [0.15, 0.2) is 66.7 Å². The molecule has 0 bridgehead atoms. The van der Waals surface area contributed by atoms with Crippen LogP contribution in [0.1, 0.15) is 22.2 Å². The number of carbonyl (C=O) groups excluding carboxylic acids is 1. The van der Waals surface area contributed by atoms with Gasteiger partial charge in [-0.15, -0.1) is 11.3 Å². The third-order valence-electron chi connectivity index (χ3n) is 4.62. The SMILES string of the molecule is CCn1c(-c2ccc(C(=O)N(C)Cc3ccccc3)s2)nc2ccccc21. The first-order chi connectivity index (χ1) is 13.2. The van der Waals surface area contributed by atoms with Crippen LogP contribution >= 0.6 is 11.3 Å². The number of nitrogens with zero attached hydrogens (tertiary/aromatic N) is 3. The first kappa shape index (κ1) is 17.5. The predicted octanol–water partition coefficient (Wildman–Crippen LogP) is 5.06. The van der Waals surface area contributed by atoms with Gasteiger partial charge in [-0.3, -0.25) is 4.79 Å². The Morgan fingerprint density at radius 3 is 2.56 bits per heavy atom. The van der Waals surface area contributed by atoms with Crippen LogP contribution in [0.25, 0.3) is 21.7 Å². The van der Waals surface area contributed by atoms with Crippen molar-refractivity contribution in [3.8, 4) is 10.7 Å². The van der Waals surface area contributed by atoms with E-state index in [1.165, 1.54) is 11.3 Å². The molecule has 0 unspecified atom stereocenters. The summed E-state index contributed by atoms with van der Waals surface area (Å²) in [5.41, 5.74) is 3.23. The largest absolute Gasteiger partial charge is 0.337 e. The second-order valence-electron chi connectivity index (χ2n) is 6.48. The zero-order chi connectivity index (χ0) is 18.8. The van der Waals surface area contributed by atoms with Crippen LogP contribution in [0, 0.1) is 0 Å². The van der Waals surface area contributed by atoms with Gasteiger partial charge >= 0.3 is 0 Å². The van der Waals surface area contributed by atoms with E-state index in [1.54, 1.807) is 4.90 Å². The number of benzene rings is 2. The number of hydrogen-bond donors (Lipinski definition) is 0. The summed E-state index contributed by atoms with van der Waals surface area (Å²) in [4.78, 5) is 21.1. The average Bonchev–Trinajstić information content (AvgIpc) is 3.32. The molecule has 0 saturated carbocycles. The number of aromatic nitrogens is 2. The first-order valence-electron chi connectivity index (χ1n) is 9.02. The summed E-state index contributed by atoms with van der Waals surface area (Å²) in [5, 5.41) is 0. The molecule has 1 amide bonds. The third kappa shape index (κ3) is 3.38. The minimum absolute atomic E-state index is 0.0364. The number of imidazole rings is 1. The van der Waals surface area contributed by atoms with Crippen molar-refractivity contribution in [2.75, 3.05) is 7.05 Å². The number of carbonyl (C=O) groups is 1. The number of hydrogen-bond acceptors (Lipinski definition) is 3. The van der Waals surface area contributed by atoms with E-state index in [1.807, 2.05) is 67.7 Å². The van der Waals surface area contributed by atoms with E-state index in [4.69, 9.17) is 4.98 Å². The standard InChI is InChI=1S/C22H21N3OS/c1-3-25-18-12-8-7-11-17(18)23-21(25)19-13-14-20(27-19)22(26)24(2)15-16-9-5-4-6-10-16/h4-14H,3,15H2,1-2H3. The van der Waals surface area contributed by atoms with Gasteiger partial charge in [0.2, 0.25) is 0 Å². The Morgan fingerprint density at radius 1 is 1.04 bits per heavy atom. The molecule has 4 rings (SSSR count). The molecule has 0 spiro atoms. The highest BCUT2D eigenvalue weighted by molar-refractivity contribution is 7.17. The minimum Gasteiger partial charge on any atom is -0.337 e. The van der Waals surface area contributed by atoms with Gasteiger partial charge in [-0.05, 0) is 36.8 Å². The number of rotatable bonds is 5. The molecule has 2 aromatic heterocycles. The number of fused-ring (bicyclic) bond motifs is 1. The molecule has 2 heterocycles. The summed E-state index contributed by atoms with van der Waals surface area (Å²) < 4.78 is 2.20. The molecule has 2 aromatic carbocycles. The van der Waals surface area contributed by atoms with E-state index in [2.05, 4.69) is 17.6 Å². The van der Waals surface area contributed by atoms with Crippen LogP contribution in [0.3, 0.4) is 0 Å². The summed E-state index contributed by atoms with van der Waals surface area (Å²) in [7, 11) is 1.84. The zero-order valence-electron chi connectivity index (χ0n) is 15.4. The highest BCUT2D eigenvalue weighted by atomic mass is 32.1. The zero-order valence-corrected chi connectivity index (χ0v) is 16.2. The van der Waals surface area contributed by atoms with Gasteiger partial charge in [-0.1, -0.05) is 42.5 Å². The lowest BCUT2D eigenvalue weighted by Crippen LogP contribution is -2.25. The number of aryl methyl sites for hydroxylation is 1. The molecular weight excluding hydrogens is 354 g/mol. The molecule has 136 valence electrons. The number of para-hydroxylation sites is 2. The van der Waals surface area contributed by atoms with E-state index >= 15 is 0 Å². The normalized spacial score (nSPS) is 11.0. The Labute approximate surface area is 162 Å². The van der Waals surface area contributed by atoms with Crippen LogP contribution in [-0.4, -0.2) is 27.4 Å². The average molecular weight is 375 g/mol. The van der Waals surface area contributed by atoms with E-state index in [9.17, 15) is 4.79 Å². The van der Waals surface area contributed by atoms with E-state index < -0.39 is 0 Å². The molecule has 0 fully saturated rings. The Kier molecular flexibility index (Phi) is 4.77. The van der Waals surface area contributed by atoms with Gasteiger partial charge in [0.15, 0.2) is 5.82 Å². The topological polar surface area (TPSA) is 38.1 Å². The Balaban J connectivity index is 1.61. The van der Waals surface area contributed by atoms with E-state index in [-0.39, 0.29) is 5.91 Å². The van der Waals surface area contributed by atoms with Gasteiger partial charge < -0.3 is 9.47 Å². The van der Waals surface area contributed by atoms with Gasteiger partial charge in [-0.2, -0.15) is 0 Å². The van der Waals surface area contributed by atoms with E-state index in [0.717, 1.165) is 38.7 Å². The molecule has 0 aliphatic heterocycles. The lowest BCUT2D eigenvalue weighted by molar-refractivity contribution is 0.0790. The minimum atomic E-state index is 0.0364. The molecule has 4 aromatic rings. The van der Waals surface area contributed by atoms with Crippen molar-refractivity contribution in [1.82, 2.24) is 14.5 Å². The first-order valence-corrected chi connectivity index (χ1v) is 9.84. The summed E-state index contributed by atoms with van der Waals surface area (Å²) in [6.07, 6.45) is 0. The van der Waals surface area contributed by atoms with Gasteiger partial charge in [0.1, 0.15) is 0 Å². The quantitative estimate of drug-likeness (QED) is 0.489. The van der Waals surface area contributed by atoms with Crippen molar-refractivity contribution < 1.29 is 4.79 Å². The second kappa shape index (κ2) is 7.37. The van der Waals surface area contributed by atoms with Crippen molar-refractivity contribution in [2.45, 2.75) is 20.0 Å². The summed E-state index contributed by atoms with van der Waals surface area (Å²) in [6.45, 7) is 3.55. The van der Waals surface area contributed by atoms with Crippen molar-refractivity contribution >= 4 is 28.3 Å². The van der Waals surface area contributed by atoms with Crippen LogP contribution in [0.4, 0.5) is 0 Å². The fourth-order valence-corrected chi connectivity index (χ4v) is 4.27. The maximum atomic E-state index is 12.8.